The van der Waals surface area contributed by atoms with Gasteiger partial charge in [-0.05, 0) is 42.4 Å². The van der Waals surface area contributed by atoms with E-state index >= 15 is 0 Å². The Labute approximate surface area is 84.1 Å². The van der Waals surface area contributed by atoms with Gasteiger partial charge in [-0.15, -0.1) is 0 Å². The second kappa shape index (κ2) is 2.96. The van der Waals surface area contributed by atoms with Crippen LogP contribution in [0.1, 0.15) is 30.4 Å². The smallest absolute Gasteiger partial charge is 0.0798 e. The van der Waals surface area contributed by atoms with Crippen LogP contribution in [-0.2, 0) is 6.42 Å². The molecule has 1 aromatic carbocycles. The van der Waals surface area contributed by atoms with E-state index < -0.39 is 0 Å². The molecule has 0 saturated heterocycles. The van der Waals surface area contributed by atoms with Crippen molar-refractivity contribution in [3.8, 4) is 0 Å². The molecule has 72 valence electrons. The lowest BCUT2D eigenvalue weighted by Crippen LogP contribution is -2.09. The molecule has 1 heteroatoms. The van der Waals surface area contributed by atoms with E-state index in [1.807, 2.05) is 0 Å². The Bertz CT molecular complexity index is 403. The molecule has 0 unspecified atom stereocenters. The average molecular weight is 186 g/mol. The van der Waals surface area contributed by atoms with Crippen LogP contribution in [0.5, 0.6) is 0 Å². The first-order valence-corrected chi connectivity index (χ1v) is 5.34. The predicted octanol–water partition coefficient (Wildman–Crippen LogP) is 2.54. The minimum Gasteiger partial charge on any atom is -0.388 e. The average Bonchev–Trinajstić information content (AvgIpc) is 2.61. The number of fused-ring (bicyclic) bond motifs is 2. The highest BCUT2D eigenvalue weighted by Gasteiger charge is 2.28. The Hall–Kier alpha value is -1.08. The summed E-state index contributed by atoms with van der Waals surface area (Å²) in [6, 6.07) is 8.49. The third kappa shape index (κ3) is 1.05. The van der Waals surface area contributed by atoms with E-state index in [0.29, 0.717) is 0 Å². The summed E-state index contributed by atoms with van der Waals surface area (Å²) in [6.07, 6.45) is 4.14. The topological polar surface area (TPSA) is 20.2 Å². The lowest BCUT2D eigenvalue weighted by molar-refractivity contribution is 0.231. The molecule has 2 aliphatic rings. The van der Waals surface area contributed by atoms with Crippen molar-refractivity contribution in [2.45, 2.75) is 31.8 Å². The molecule has 0 fully saturated rings. The predicted molar refractivity (Wildman–Crippen MR) is 56.9 cm³/mol. The fourth-order valence-corrected chi connectivity index (χ4v) is 2.74. The lowest BCUT2D eigenvalue weighted by Gasteiger charge is -2.20. The standard InChI is InChI=1S/C13H14O/c14-12-8-7-10-6-5-9-3-1-2-4-11(9)13(10)12/h1-4,12,14H,5-8H2/t12-/m1/s1. The highest BCUT2D eigenvalue weighted by Crippen LogP contribution is 2.41. The number of rotatable bonds is 0. The van der Waals surface area contributed by atoms with Gasteiger partial charge in [-0.3, -0.25) is 0 Å². The molecular formula is C13H14O. The second-order valence-corrected chi connectivity index (χ2v) is 4.23. The van der Waals surface area contributed by atoms with E-state index in [9.17, 15) is 5.11 Å². The largest absolute Gasteiger partial charge is 0.388 e. The van der Waals surface area contributed by atoms with Crippen molar-refractivity contribution in [1.82, 2.24) is 0 Å². The Morgan fingerprint density at radius 1 is 1.07 bits per heavy atom. The Balaban J connectivity index is 2.18. The van der Waals surface area contributed by atoms with Crippen LogP contribution < -0.4 is 0 Å². The van der Waals surface area contributed by atoms with Gasteiger partial charge in [-0.1, -0.05) is 29.8 Å². The van der Waals surface area contributed by atoms with Gasteiger partial charge >= 0.3 is 0 Å². The summed E-state index contributed by atoms with van der Waals surface area (Å²) < 4.78 is 0. The zero-order chi connectivity index (χ0) is 9.54. The molecule has 1 nitrogen and oxygen atoms in total. The van der Waals surface area contributed by atoms with Crippen molar-refractivity contribution in [2.24, 2.45) is 0 Å². The number of aryl methyl sites for hydroxylation is 1. The van der Waals surface area contributed by atoms with Crippen LogP contribution >= 0.6 is 0 Å². The maximum Gasteiger partial charge on any atom is 0.0798 e. The molecule has 0 aliphatic heterocycles. The van der Waals surface area contributed by atoms with Crippen molar-refractivity contribution >= 4 is 5.57 Å². The van der Waals surface area contributed by atoms with E-state index in [4.69, 9.17) is 0 Å². The lowest BCUT2D eigenvalue weighted by atomic mass is 9.86. The number of hydrogen-bond donors (Lipinski definition) is 1. The zero-order valence-electron chi connectivity index (χ0n) is 8.16. The van der Waals surface area contributed by atoms with Gasteiger partial charge < -0.3 is 5.11 Å². The molecule has 0 heterocycles. The molecule has 1 aromatic rings. The summed E-state index contributed by atoms with van der Waals surface area (Å²) in [5.41, 5.74) is 5.45. The summed E-state index contributed by atoms with van der Waals surface area (Å²) in [6.45, 7) is 0. The number of hydrogen-bond acceptors (Lipinski definition) is 1. The first kappa shape index (κ1) is 8.25. The van der Waals surface area contributed by atoms with Crippen LogP contribution in [0.2, 0.25) is 0 Å². The molecular weight excluding hydrogens is 172 g/mol. The van der Waals surface area contributed by atoms with Gasteiger partial charge in [0.1, 0.15) is 0 Å². The molecule has 2 aliphatic carbocycles. The third-order valence-electron chi connectivity index (χ3n) is 3.44. The van der Waals surface area contributed by atoms with E-state index in [-0.39, 0.29) is 6.10 Å². The quantitative estimate of drug-likeness (QED) is 0.660. The zero-order valence-corrected chi connectivity index (χ0v) is 8.16. The number of aliphatic hydroxyl groups is 1. The third-order valence-corrected chi connectivity index (χ3v) is 3.44. The van der Waals surface area contributed by atoms with E-state index in [2.05, 4.69) is 24.3 Å². The van der Waals surface area contributed by atoms with Gasteiger partial charge in [-0.2, -0.15) is 0 Å². The van der Waals surface area contributed by atoms with Gasteiger partial charge in [0.25, 0.3) is 0 Å². The van der Waals surface area contributed by atoms with E-state index in [1.165, 1.54) is 22.3 Å². The summed E-state index contributed by atoms with van der Waals surface area (Å²) in [5.74, 6) is 0. The monoisotopic (exact) mass is 186 g/mol. The number of allylic oxidation sites excluding steroid dienone is 1. The molecule has 14 heavy (non-hydrogen) atoms. The van der Waals surface area contributed by atoms with Crippen molar-refractivity contribution in [3.05, 3.63) is 41.0 Å². The van der Waals surface area contributed by atoms with E-state index in [0.717, 1.165) is 25.7 Å². The van der Waals surface area contributed by atoms with Crippen LogP contribution in [-0.4, -0.2) is 11.2 Å². The van der Waals surface area contributed by atoms with Crippen molar-refractivity contribution < 1.29 is 5.11 Å². The summed E-state index contributed by atoms with van der Waals surface area (Å²) >= 11 is 0. The molecule has 0 amide bonds. The molecule has 0 saturated carbocycles. The SMILES string of the molecule is O[C@@H]1CCC2=C1c1ccccc1CC2. The minimum atomic E-state index is -0.202. The van der Waals surface area contributed by atoms with Crippen LogP contribution in [0.25, 0.3) is 5.57 Å². The van der Waals surface area contributed by atoms with Crippen LogP contribution in [0.4, 0.5) is 0 Å². The normalized spacial score (nSPS) is 24.8. The van der Waals surface area contributed by atoms with Gasteiger partial charge in [0.2, 0.25) is 0 Å². The highest BCUT2D eigenvalue weighted by molar-refractivity contribution is 5.77. The number of aliphatic hydroxyl groups excluding tert-OH is 1. The Morgan fingerprint density at radius 3 is 2.86 bits per heavy atom. The van der Waals surface area contributed by atoms with Gasteiger partial charge in [0.15, 0.2) is 0 Å². The molecule has 0 aromatic heterocycles. The molecule has 1 N–H and O–H groups in total. The molecule has 1 atom stereocenters. The number of benzene rings is 1. The molecule has 3 rings (SSSR count). The van der Waals surface area contributed by atoms with Gasteiger partial charge in [0.05, 0.1) is 6.10 Å². The molecule has 0 radical (unpaired) electrons. The Morgan fingerprint density at radius 2 is 1.93 bits per heavy atom. The van der Waals surface area contributed by atoms with E-state index in [1.54, 1.807) is 0 Å². The van der Waals surface area contributed by atoms with Gasteiger partial charge in [-0.25, -0.2) is 0 Å². The summed E-state index contributed by atoms with van der Waals surface area (Å²) in [4.78, 5) is 0. The molecule has 0 bridgehead atoms. The van der Waals surface area contributed by atoms with Crippen molar-refractivity contribution in [1.29, 1.82) is 0 Å². The summed E-state index contributed by atoms with van der Waals surface area (Å²) in [7, 11) is 0. The Kier molecular flexibility index (Phi) is 1.74. The maximum atomic E-state index is 9.91. The minimum absolute atomic E-state index is 0.202. The van der Waals surface area contributed by atoms with Gasteiger partial charge in [0, 0.05) is 0 Å². The van der Waals surface area contributed by atoms with Crippen LogP contribution in [0.15, 0.2) is 29.8 Å². The fourth-order valence-electron chi connectivity index (χ4n) is 2.74. The first-order chi connectivity index (χ1) is 6.86. The summed E-state index contributed by atoms with van der Waals surface area (Å²) in [5, 5.41) is 9.91. The first-order valence-electron chi connectivity index (χ1n) is 5.34. The molecule has 0 spiro atoms. The highest BCUT2D eigenvalue weighted by atomic mass is 16.3. The van der Waals surface area contributed by atoms with Crippen molar-refractivity contribution in [2.75, 3.05) is 0 Å². The van der Waals surface area contributed by atoms with Crippen LogP contribution in [0.3, 0.4) is 0 Å². The second-order valence-electron chi connectivity index (χ2n) is 4.23. The maximum absolute atomic E-state index is 9.91. The van der Waals surface area contributed by atoms with Crippen LogP contribution in [0, 0.1) is 0 Å². The van der Waals surface area contributed by atoms with Crippen molar-refractivity contribution in [3.63, 3.8) is 0 Å². The fraction of sp³-hybridized carbons (Fsp3) is 0.385.